The Kier molecular flexibility index (Phi) is 4.58. The molecule has 3 nitrogen and oxygen atoms in total. The van der Waals surface area contributed by atoms with Gasteiger partial charge >= 0.3 is 6.18 Å². The lowest BCUT2D eigenvalue weighted by Crippen LogP contribution is -2.21. The van der Waals surface area contributed by atoms with Crippen LogP contribution in [0.5, 0.6) is 5.75 Å². The van der Waals surface area contributed by atoms with E-state index in [0.29, 0.717) is 18.9 Å². The largest absolute Gasteiger partial charge is 0.496 e. The van der Waals surface area contributed by atoms with Crippen molar-refractivity contribution in [3.63, 3.8) is 0 Å². The Morgan fingerprint density at radius 3 is 2.71 bits per heavy atom. The fourth-order valence-electron chi connectivity index (χ4n) is 3.03. The summed E-state index contributed by atoms with van der Waals surface area (Å²) >= 11 is 6.04. The van der Waals surface area contributed by atoms with Gasteiger partial charge in [0.1, 0.15) is 11.6 Å². The Morgan fingerprint density at radius 2 is 2.04 bits per heavy atom. The summed E-state index contributed by atoms with van der Waals surface area (Å²) in [5, 5.41) is 0.0190. The van der Waals surface area contributed by atoms with Gasteiger partial charge in [0.2, 0.25) is 0 Å². The van der Waals surface area contributed by atoms with E-state index >= 15 is 0 Å². The number of pyridine rings is 1. The zero-order chi connectivity index (χ0) is 17.3. The van der Waals surface area contributed by atoms with Gasteiger partial charge in [0.25, 0.3) is 0 Å². The van der Waals surface area contributed by atoms with Crippen molar-refractivity contribution in [1.29, 1.82) is 0 Å². The number of hydrogen-bond acceptors (Lipinski definition) is 3. The molecule has 128 valence electrons. The van der Waals surface area contributed by atoms with Gasteiger partial charge in [-0.1, -0.05) is 29.8 Å². The second-order valence-electron chi connectivity index (χ2n) is 5.70. The van der Waals surface area contributed by atoms with Crippen LogP contribution < -0.4 is 9.64 Å². The number of halogens is 4. The first kappa shape index (κ1) is 16.9. The molecule has 0 amide bonds. The van der Waals surface area contributed by atoms with Gasteiger partial charge in [0.05, 0.1) is 17.7 Å². The number of para-hydroxylation sites is 1. The molecular formula is C17H16ClF3N2O. The average molecular weight is 357 g/mol. The zero-order valence-corrected chi connectivity index (χ0v) is 13.7. The number of alkyl halides is 3. The molecule has 1 saturated heterocycles. The van der Waals surface area contributed by atoms with Crippen molar-refractivity contribution in [2.24, 2.45) is 0 Å². The van der Waals surface area contributed by atoms with E-state index < -0.39 is 11.7 Å². The van der Waals surface area contributed by atoms with Gasteiger partial charge in [-0.15, -0.1) is 0 Å². The van der Waals surface area contributed by atoms with Gasteiger partial charge in [0, 0.05) is 25.2 Å². The molecule has 2 heterocycles. The van der Waals surface area contributed by atoms with Crippen LogP contribution in [0.4, 0.5) is 19.0 Å². The Morgan fingerprint density at radius 1 is 1.29 bits per heavy atom. The fraction of sp³-hybridized carbons (Fsp3) is 0.353. The summed E-state index contributed by atoms with van der Waals surface area (Å²) in [6, 6.07) is 8.70. The van der Waals surface area contributed by atoms with Crippen molar-refractivity contribution in [2.45, 2.75) is 18.5 Å². The average Bonchev–Trinajstić information content (AvgIpc) is 3.03. The van der Waals surface area contributed by atoms with Gasteiger partial charge in [0.15, 0.2) is 0 Å². The van der Waals surface area contributed by atoms with E-state index in [1.807, 2.05) is 29.2 Å². The first-order chi connectivity index (χ1) is 11.4. The van der Waals surface area contributed by atoms with Crippen LogP contribution in [-0.2, 0) is 6.18 Å². The summed E-state index contributed by atoms with van der Waals surface area (Å²) in [5.74, 6) is 1.43. The Balaban J connectivity index is 1.81. The van der Waals surface area contributed by atoms with Gasteiger partial charge in [-0.25, -0.2) is 4.98 Å². The highest BCUT2D eigenvalue weighted by Crippen LogP contribution is 2.38. The van der Waals surface area contributed by atoms with Crippen molar-refractivity contribution < 1.29 is 17.9 Å². The second-order valence-corrected chi connectivity index (χ2v) is 6.11. The van der Waals surface area contributed by atoms with Crippen LogP contribution >= 0.6 is 11.6 Å². The van der Waals surface area contributed by atoms with Crippen LogP contribution in [-0.4, -0.2) is 25.2 Å². The minimum Gasteiger partial charge on any atom is -0.496 e. The van der Waals surface area contributed by atoms with Crippen LogP contribution in [0, 0.1) is 0 Å². The van der Waals surface area contributed by atoms with E-state index in [2.05, 4.69) is 4.98 Å². The molecule has 1 aromatic heterocycles. The summed E-state index contributed by atoms with van der Waals surface area (Å²) in [7, 11) is 1.62. The molecule has 1 unspecified atom stereocenters. The van der Waals surface area contributed by atoms with Crippen molar-refractivity contribution >= 4 is 17.4 Å². The molecule has 0 N–H and O–H groups in total. The third kappa shape index (κ3) is 3.29. The van der Waals surface area contributed by atoms with Gasteiger partial charge in [-0.2, -0.15) is 13.2 Å². The summed E-state index contributed by atoms with van der Waals surface area (Å²) in [4.78, 5) is 5.86. The molecule has 1 aliphatic rings. The lowest BCUT2D eigenvalue weighted by Gasteiger charge is -2.20. The highest BCUT2D eigenvalue weighted by molar-refractivity contribution is 6.33. The first-order valence-electron chi connectivity index (χ1n) is 7.50. The summed E-state index contributed by atoms with van der Waals surface area (Å²) in [6.45, 7) is 1.32. The molecular weight excluding hydrogens is 341 g/mol. The molecule has 7 heteroatoms. The smallest absolute Gasteiger partial charge is 0.417 e. The van der Waals surface area contributed by atoms with Crippen LogP contribution in [0.25, 0.3) is 0 Å². The maximum absolute atomic E-state index is 12.7. The third-order valence-electron chi connectivity index (χ3n) is 4.22. The SMILES string of the molecule is COc1ccccc1C1CCN(c2ncc(C(F)(F)F)cc2Cl)C1. The van der Waals surface area contributed by atoms with E-state index in [4.69, 9.17) is 16.3 Å². The van der Waals surface area contributed by atoms with Crippen molar-refractivity contribution in [3.8, 4) is 5.75 Å². The molecule has 1 aromatic carbocycles. The second kappa shape index (κ2) is 6.51. The molecule has 0 aliphatic carbocycles. The number of aromatic nitrogens is 1. The highest BCUT2D eigenvalue weighted by atomic mass is 35.5. The zero-order valence-electron chi connectivity index (χ0n) is 13.0. The number of benzene rings is 1. The van der Waals surface area contributed by atoms with Crippen LogP contribution in [0.1, 0.15) is 23.5 Å². The van der Waals surface area contributed by atoms with E-state index in [1.165, 1.54) is 0 Å². The quantitative estimate of drug-likeness (QED) is 0.793. The Bertz CT molecular complexity index is 736. The molecule has 0 saturated carbocycles. The molecule has 3 rings (SSSR count). The lowest BCUT2D eigenvalue weighted by molar-refractivity contribution is -0.137. The normalized spacial score (nSPS) is 18.0. The van der Waals surface area contributed by atoms with Crippen LogP contribution in [0.3, 0.4) is 0 Å². The van der Waals surface area contributed by atoms with Gasteiger partial charge in [-0.05, 0) is 24.1 Å². The Hall–Kier alpha value is -1.95. The molecule has 0 spiro atoms. The molecule has 24 heavy (non-hydrogen) atoms. The van der Waals surface area contributed by atoms with E-state index in [9.17, 15) is 13.2 Å². The number of ether oxygens (including phenoxy) is 1. The van der Waals surface area contributed by atoms with E-state index in [1.54, 1.807) is 7.11 Å². The lowest BCUT2D eigenvalue weighted by atomic mass is 9.97. The predicted octanol–water partition coefficient (Wildman–Crippen LogP) is 4.76. The number of hydrogen-bond donors (Lipinski definition) is 0. The summed E-state index contributed by atoms with van der Waals surface area (Å²) < 4.78 is 43.5. The molecule has 1 atom stereocenters. The Labute approximate surface area is 143 Å². The molecule has 2 aromatic rings. The molecule has 0 bridgehead atoms. The van der Waals surface area contributed by atoms with Crippen LogP contribution in [0.15, 0.2) is 36.5 Å². The minimum atomic E-state index is -4.44. The minimum absolute atomic E-state index is 0.0190. The number of methoxy groups -OCH3 is 1. The van der Waals surface area contributed by atoms with Gasteiger partial charge < -0.3 is 9.64 Å². The third-order valence-corrected chi connectivity index (χ3v) is 4.49. The van der Waals surface area contributed by atoms with E-state index in [-0.39, 0.29) is 10.9 Å². The van der Waals surface area contributed by atoms with Crippen molar-refractivity contribution in [3.05, 3.63) is 52.7 Å². The summed E-state index contributed by atoms with van der Waals surface area (Å²) in [5.41, 5.74) is 0.252. The van der Waals surface area contributed by atoms with Crippen molar-refractivity contribution in [1.82, 2.24) is 4.98 Å². The van der Waals surface area contributed by atoms with E-state index in [0.717, 1.165) is 30.0 Å². The monoisotopic (exact) mass is 356 g/mol. The van der Waals surface area contributed by atoms with Crippen LogP contribution in [0.2, 0.25) is 5.02 Å². The fourth-order valence-corrected chi connectivity index (χ4v) is 3.31. The number of nitrogens with zero attached hydrogens (tertiary/aromatic N) is 2. The predicted molar refractivity (Wildman–Crippen MR) is 86.8 cm³/mol. The first-order valence-corrected chi connectivity index (χ1v) is 7.88. The van der Waals surface area contributed by atoms with Crippen molar-refractivity contribution in [2.75, 3.05) is 25.1 Å². The van der Waals surface area contributed by atoms with Gasteiger partial charge in [-0.3, -0.25) is 0 Å². The highest BCUT2D eigenvalue weighted by Gasteiger charge is 2.33. The molecule has 1 fully saturated rings. The standard InChI is InChI=1S/C17H16ClF3N2O/c1-24-15-5-3-2-4-13(15)11-6-7-23(10-11)16-14(18)8-12(9-22-16)17(19,20)21/h2-5,8-9,11H,6-7,10H2,1H3. The maximum Gasteiger partial charge on any atom is 0.417 e. The topological polar surface area (TPSA) is 25.4 Å². The molecule has 1 aliphatic heterocycles. The summed E-state index contributed by atoms with van der Waals surface area (Å²) in [6.07, 6.45) is -2.75. The maximum atomic E-state index is 12.7. The molecule has 0 radical (unpaired) electrons. The number of anilines is 1. The number of rotatable bonds is 3.